The van der Waals surface area contributed by atoms with Gasteiger partial charge in [-0.3, -0.25) is 4.79 Å². The minimum absolute atomic E-state index is 0.00328. The highest BCUT2D eigenvalue weighted by atomic mass is 16.5. The highest BCUT2D eigenvalue weighted by molar-refractivity contribution is 5.70. The largest absolute Gasteiger partial charge is 0.462 e. The lowest BCUT2D eigenvalue weighted by molar-refractivity contribution is -0.157. The van der Waals surface area contributed by atoms with Gasteiger partial charge in [-0.25, -0.2) is 0 Å². The Labute approximate surface area is 159 Å². The van der Waals surface area contributed by atoms with Crippen LogP contribution < -0.4 is 0 Å². The van der Waals surface area contributed by atoms with E-state index in [4.69, 9.17) is 4.74 Å². The minimum atomic E-state index is -0.0222. The molecule has 0 heterocycles. The fraction of sp³-hybridized carbons (Fsp3) is 0.625. The van der Waals surface area contributed by atoms with Gasteiger partial charge in [-0.05, 0) is 54.9 Å². The average Bonchev–Trinajstić information content (AvgIpc) is 3.00. The third kappa shape index (κ3) is 4.22. The molecule has 2 heteroatoms. The number of hydrogen-bond acceptors (Lipinski definition) is 2. The maximum Gasteiger partial charge on any atom is 0.306 e. The fourth-order valence-corrected chi connectivity index (χ4v) is 5.01. The van der Waals surface area contributed by atoms with Crippen molar-refractivity contribution in [2.75, 3.05) is 0 Å². The van der Waals surface area contributed by atoms with E-state index in [0.29, 0.717) is 24.2 Å². The first kappa shape index (κ1) is 19.2. The number of allylic oxidation sites excluding steroid dienone is 1. The molecule has 2 saturated carbocycles. The van der Waals surface area contributed by atoms with Gasteiger partial charge in [0, 0.05) is 5.92 Å². The van der Waals surface area contributed by atoms with E-state index in [2.05, 4.69) is 57.7 Å². The Hall–Kier alpha value is -1.57. The van der Waals surface area contributed by atoms with Crippen LogP contribution in [0.2, 0.25) is 0 Å². The summed E-state index contributed by atoms with van der Waals surface area (Å²) in [5.74, 6) is 1.31. The first-order chi connectivity index (χ1) is 12.4. The second kappa shape index (κ2) is 7.98. The third-order valence-electron chi connectivity index (χ3n) is 6.82. The van der Waals surface area contributed by atoms with Gasteiger partial charge in [-0.15, -0.1) is 0 Å². The zero-order chi connectivity index (χ0) is 18.7. The highest BCUT2D eigenvalue weighted by Crippen LogP contribution is 2.44. The number of ether oxygens (including phenoxy) is 1. The third-order valence-corrected chi connectivity index (χ3v) is 6.82. The van der Waals surface area contributed by atoms with Crippen LogP contribution in [0.3, 0.4) is 0 Å². The molecule has 26 heavy (non-hydrogen) atoms. The van der Waals surface area contributed by atoms with E-state index in [1.54, 1.807) is 0 Å². The SMILES string of the molecule is C=C1CCC[C@H]1CC(=O)O[C@@H]1C[C@H](C)CC[C@H]1C(C)(C)c1ccccc1. The van der Waals surface area contributed by atoms with E-state index < -0.39 is 0 Å². The summed E-state index contributed by atoms with van der Waals surface area (Å²) in [6, 6.07) is 10.7. The van der Waals surface area contributed by atoms with Crippen molar-refractivity contribution in [2.45, 2.75) is 77.2 Å². The zero-order valence-corrected chi connectivity index (χ0v) is 16.7. The van der Waals surface area contributed by atoms with Crippen molar-refractivity contribution in [3.8, 4) is 0 Å². The number of carbonyl (C=O) groups is 1. The van der Waals surface area contributed by atoms with E-state index in [1.807, 2.05) is 0 Å². The molecule has 2 fully saturated rings. The molecule has 1 aromatic carbocycles. The van der Waals surface area contributed by atoms with Crippen molar-refractivity contribution >= 4 is 5.97 Å². The number of rotatable bonds is 5. The van der Waals surface area contributed by atoms with Gasteiger partial charge in [0.1, 0.15) is 6.10 Å². The lowest BCUT2D eigenvalue weighted by atomic mass is 9.64. The molecule has 0 spiro atoms. The second-order valence-electron chi connectivity index (χ2n) is 9.09. The monoisotopic (exact) mass is 354 g/mol. The molecule has 0 aromatic heterocycles. The molecule has 3 rings (SSSR count). The Morgan fingerprint density at radius 1 is 1.19 bits per heavy atom. The van der Waals surface area contributed by atoms with Gasteiger partial charge in [0.15, 0.2) is 0 Å². The van der Waals surface area contributed by atoms with Crippen LogP contribution in [-0.4, -0.2) is 12.1 Å². The number of hydrogen-bond donors (Lipinski definition) is 0. The fourth-order valence-electron chi connectivity index (χ4n) is 5.01. The summed E-state index contributed by atoms with van der Waals surface area (Å²) in [5.41, 5.74) is 2.58. The molecule has 142 valence electrons. The summed E-state index contributed by atoms with van der Waals surface area (Å²) in [6.45, 7) is 11.0. The quantitative estimate of drug-likeness (QED) is 0.474. The molecular weight excluding hydrogens is 320 g/mol. The van der Waals surface area contributed by atoms with Crippen molar-refractivity contribution in [1.82, 2.24) is 0 Å². The van der Waals surface area contributed by atoms with Gasteiger partial charge >= 0.3 is 5.97 Å². The number of benzene rings is 1. The zero-order valence-electron chi connectivity index (χ0n) is 16.7. The van der Waals surface area contributed by atoms with Crippen LogP contribution in [0.4, 0.5) is 0 Å². The topological polar surface area (TPSA) is 26.3 Å². The lowest BCUT2D eigenvalue weighted by Crippen LogP contribution is -2.43. The van der Waals surface area contributed by atoms with Crippen molar-refractivity contribution in [3.63, 3.8) is 0 Å². The van der Waals surface area contributed by atoms with Crippen LogP contribution in [0.1, 0.15) is 71.3 Å². The molecule has 2 aliphatic carbocycles. The van der Waals surface area contributed by atoms with Gasteiger partial charge in [-0.2, -0.15) is 0 Å². The smallest absolute Gasteiger partial charge is 0.306 e. The Morgan fingerprint density at radius 3 is 2.58 bits per heavy atom. The van der Waals surface area contributed by atoms with Gasteiger partial charge in [0.05, 0.1) is 6.42 Å². The first-order valence-electron chi connectivity index (χ1n) is 10.3. The standard InChI is InChI=1S/C24H34O2/c1-17-13-14-21(24(3,4)20-11-6-5-7-12-20)22(15-17)26-23(25)16-19-10-8-9-18(19)2/h5-7,11-12,17,19,21-22H,2,8-10,13-16H2,1,3-4H3/t17-,19+,21-,22-/m1/s1. The van der Waals surface area contributed by atoms with Crippen LogP contribution >= 0.6 is 0 Å². The molecule has 2 nitrogen and oxygen atoms in total. The van der Waals surface area contributed by atoms with Crippen molar-refractivity contribution in [2.24, 2.45) is 17.8 Å². The van der Waals surface area contributed by atoms with Crippen LogP contribution in [0, 0.1) is 17.8 Å². The van der Waals surface area contributed by atoms with Gasteiger partial charge in [-0.1, -0.05) is 69.7 Å². The summed E-state index contributed by atoms with van der Waals surface area (Å²) < 4.78 is 6.11. The Bertz CT molecular complexity index is 631. The Balaban J connectivity index is 1.71. The summed E-state index contributed by atoms with van der Waals surface area (Å²) in [7, 11) is 0. The summed E-state index contributed by atoms with van der Waals surface area (Å²) >= 11 is 0. The minimum Gasteiger partial charge on any atom is -0.462 e. The van der Waals surface area contributed by atoms with Gasteiger partial charge < -0.3 is 4.74 Å². The first-order valence-corrected chi connectivity index (χ1v) is 10.3. The Morgan fingerprint density at radius 2 is 1.92 bits per heavy atom. The highest BCUT2D eigenvalue weighted by Gasteiger charge is 2.42. The predicted octanol–water partition coefficient (Wildman–Crippen LogP) is 6.06. The van der Waals surface area contributed by atoms with Gasteiger partial charge in [0.25, 0.3) is 0 Å². The molecule has 0 radical (unpaired) electrons. The predicted molar refractivity (Wildman–Crippen MR) is 107 cm³/mol. The maximum absolute atomic E-state index is 12.7. The summed E-state index contributed by atoms with van der Waals surface area (Å²) in [6.07, 6.45) is 7.19. The van der Waals surface area contributed by atoms with Gasteiger partial charge in [0.2, 0.25) is 0 Å². The van der Waals surface area contributed by atoms with Crippen LogP contribution in [0.15, 0.2) is 42.5 Å². The summed E-state index contributed by atoms with van der Waals surface area (Å²) in [4.78, 5) is 12.7. The normalized spacial score (nSPS) is 29.6. The maximum atomic E-state index is 12.7. The molecule has 2 aliphatic rings. The number of carbonyl (C=O) groups excluding carboxylic acids is 1. The molecule has 0 amide bonds. The lowest BCUT2D eigenvalue weighted by Gasteiger charge is -2.44. The van der Waals surface area contributed by atoms with E-state index in [-0.39, 0.29) is 17.5 Å². The second-order valence-corrected chi connectivity index (χ2v) is 9.09. The van der Waals surface area contributed by atoms with Crippen molar-refractivity contribution in [3.05, 3.63) is 48.0 Å². The molecule has 1 aromatic rings. The average molecular weight is 355 g/mol. The number of esters is 1. The van der Waals surface area contributed by atoms with E-state index in [1.165, 1.54) is 24.0 Å². The van der Waals surface area contributed by atoms with Crippen LogP contribution in [0.25, 0.3) is 0 Å². The van der Waals surface area contributed by atoms with Crippen molar-refractivity contribution in [1.29, 1.82) is 0 Å². The molecule has 4 atom stereocenters. The molecule has 0 unspecified atom stereocenters. The van der Waals surface area contributed by atoms with Crippen molar-refractivity contribution < 1.29 is 9.53 Å². The molecule has 0 N–H and O–H groups in total. The van der Waals surface area contributed by atoms with Crippen LogP contribution in [0.5, 0.6) is 0 Å². The van der Waals surface area contributed by atoms with E-state index in [0.717, 1.165) is 25.7 Å². The molecular formula is C24H34O2. The Kier molecular flexibility index (Phi) is 5.89. The molecule has 0 aliphatic heterocycles. The van der Waals surface area contributed by atoms with E-state index in [9.17, 15) is 4.79 Å². The molecule has 0 saturated heterocycles. The van der Waals surface area contributed by atoms with Crippen LogP contribution in [-0.2, 0) is 14.9 Å². The summed E-state index contributed by atoms with van der Waals surface area (Å²) in [5, 5.41) is 0. The molecule has 0 bridgehead atoms. The van der Waals surface area contributed by atoms with E-state index >= 15 is 0 Å².